The number of hydrogen-bond donors (Lipinski definition) is 3. The van der Waals surface area contributed by atoms with Crippen molar-refractivity contribution in [2.24, 2.45) is 17.8 Å². The zero-order chi connectivity index (χ0) is 39.6. The molecule has 0 spiro atoms. The highest BCUT2D eigenvalue weighted by Crippen LogP contribution is 2.52. The molecular weight excluding hydrogens is 692 g/mol. The van der Waals surface area contributed by atoms with E-state index in [0.29, 0.717) is 36.0 Å². The third-order valence-corrected chi connectivity index (χ3v) is 10.2. The number of ether oxygens (including phenoxy) is 2. The number of piperazine rings is 1. The molecule has 15 nitrogen and oxygen atoms in total. The molecule has 1 aromatic heterocycles. The molecule has 3 atom stereocenters. The highest BCUT2D eigenvalue weighted by atomic mass is 16.6. The maximum Gasteiger partial charge on any atom is 0.408 e. The molecule has 0 bridgehead atoms. The van der Waals surface area contributed by atoms with E-state index in [2.05, 4.69) is 32.8 Å². The number of alkyl carbamates (subject to hydrolysis) is 2. The summed E-state index contributed by atoms with van der Waals surface area (Å²) in [5, 5.41) is 8.28. The average molecular weight is 751 g/mol. The Kier molecular flexibility index (Phi) is 12.0. The summed E-state index contributed by atoms with van der Waals surface area (Å²) in [5.41, 5.74) is -1.05. The number of fused-ring (bicyclic) bond motifs is 1. The fourth-order valence-electron chi connectivity index (χ4n) is 7.37. The first-order valence-corrected chi connectivity index (χ1v) is 19.0. The monoisotopic (exact) mass is 750 g/mol. The summed E-state index contributed by atoms with van der Waals surface area (Å²) in [6.45, 7) is 20.1. The van der Waals surface area contributed by atoms with Crippen LogP contribution in [0, 0.1) is 17.8 Å². The maximum atomic E-state index is 13.2. The van der Waals surface area contributed by atoms with Gasteiger partial charge in [0.25, 0.3) is 0 Å². The molecule has 3 fully saturated rings. The molecule has 296 valence electrons. The minimum absolute atomic E-state index is 0.136. The summed E-state index contributed by atoms with van der Waals surface area (Å²) < 4.78 is 12.1. The minimum atomic E-state index is -1.19. The lowest BCUT2D eigenvalue weighted by Crippen LogP contribution is -2.60. The zero-order valence-corrected chi connectivity index (χ0v) is 33.2. The molecule has 3 N–H and O–H groups in total. The number of carbonyl (C=O) groups excluding carboxylic acids is 4. The Morgan fingerprint density at radius 3 is 1.96 bits per heavy atom. The van der Waals surface area contributed by atoms with Gasteiger partial charge in [0.2, 0.25) is 5.91 Å². The smallest absolute Gasteiger partial charge is 0.408 e. The summed E-state index contributed by atoms with van der Waals surface area (Å²) >= 11 is 0. The third-order valence-electron chi connectivity index (χ3n) is 10.2. The van der Waals surface area contributed by atoms with Crippen LogP contribution in [0.4, 0.5) is 20.2 Å². The largest absolute Gasteiger partial charge is 0.444 e. The first-order valence-electron chi connectivity index (χ1n) is 19.0. The maximum absolute atomic E-state index is 13.2. The van der Waals surface area contributed by atoms with Crippen molar-refractivity contribution in [3.05, 3.63) is 52.6 Å². The van der Waals surface area contributed by atoms with Crippen molar-refractivity contribution in [1.82, 2.24) is 34.9 Å². The number of aromatic nitrogens is 2. The molecule has 1 aromatic carbocycles. The van der Waals surface area contributed by atoms with Gasteiger partial charge in [-0.2, -0.15) is 4.98 Å². The summed E-state index contributed by atoms with van der Waals surface area (Å²) in [6, 6.07) is 9.48. The number of benzene rings is 1. The second-order valence-corrected chi connectivity index (χ2v) is 17.2. The fraction of sp³-hybridized carbons (Fsp3) is 0.641. The van der Waals surface area contributed by atoms with Gasteiger partial charge in [-0.1, -0.05) is 19.1 Å². The second-order valence-electron chi connectivity index (χ2n) is 17.2. The number of hydrogen-bond acceptors (Lipinski definition) is 9. The van der Waals surface area contributed by atoms with E-state index in [1.54, 1.807) is 56.7 Å². The van der Waals surface area contributed by atoms with Gasteiger partial charge in [-0.3, -0.25) is 19.6 Å². The van der Waals surface area contributed by atoms with Gasteiger partial charge in [0, 0.05) is 58.1 Å². The van der Waals surface area contributed by atoms with Gasteiger partial charge in [0.15, 0.2) is 0 Å². The average Bonchev–Trinajstić information content (AvgIpc) is 3.52. The Balaban J connectivity index is 1.07. The van der Waals surface area contributed by atoms with Crippen molar-refractivity contribution in [1.29, 1.82) is 0 Å². The van der Waals surface area contributed by atoms with Gasteiger partial charge < -0.3 is 29.9 Å². The lowest BCUT2D eigenvalue weighted by molar-refractivity contribution is -0.138. The molecule has 3 aliphatic rings. The highest BCUT2D eigenvalue weighted by molar-refractivity contribution is 5.90. The van der Waals surface area contributed by atoms with Crippen molar-refractivity contribution < 1.29 is 28.7 Å². The normalized spacial score (nSPS) is 20.8. The number of rotatable bonds is 10. The van der Waals surface area contributed by atoms with E-state index in [-0.39, 0.29) is 44.0 Å². The fourth-order valence-corrected chi connectivity index (χ4v) is 7.37. The van der Waals surface area contributed by atoms with Crippen LogP contribution in [0.15, 0.2) is 41.3 Å². The number of nitrogens with zero attached hydrogens (tertiary/aromatic N) is 5. The van der Waals surface area contributed by atoms with Gasteiger partial charge >= 0.3 is 23.9 Å². The van der Waals surface area contributed by atoms with Crippen LogP contribution in [0.2, 0.25) is 0 Å². The Labute approximate surface area is 318 Å². The van der Waals surface area contributed by atoms with Crippen LogP contribution in [0.25, 0.3) is 5.69 Å². The molecule has 2 aliphatic heterocycles. The van der Waals surface area contributed by atoms with Crippen molar-refractivity contribution in [3.8, 4) is 5.69 Å². The molecule has 54 heavy (non-hydrogen) atoms. The van der Waals surface area contributed by atoms with Crippen molar-refractivity contribution in [3.63, 3.8) is 0 Å². The summed E-state index contributed by atoms with van der Waals surface area (Å²) in [4.78, 5) is 73.4. The second kappa shape index (κ2) is 16.0. The van der Waals surface area contributed by atoms with Crippen LogP contribution in [0.1, 0.15) is 74.3 Å². The van der Waals surface area contributed by atoms with Gasteiger partial charge in [0.05, 0.1) is 5.69 Å². The van der Waals surface area contributed by atoms with Gasteiger partial charge in [-0.05, 0) is 110 Å². The zero-order valence-electron chi connectivity index (χ0n) is 33.2. The predicted molar refractivity (Wildman–Crippen MR) is 205 cm³/mol. The molecule has 3 heterocycles. The van der Waals surface area contributed by atoms with Gasteiger partial charge in [-0.15, -0.1) is 0 Å². The van der Waals surface area contributed by atoms with E-state index in [1.165, 1.54) is 10.1 Å². The third kappa shape index (κ3) is 10.5. The number of anilines is 1. The van der Waals surface area contributed by atoms with E-state index in [4.69, 9.17) is 9.47 Å². The molecule has 2 saturated heterocycles. The number of urea groups is 1. The minimum Gasteiger partial charge on any atom is -0.444 e. The summed E-state index contributed by atoms with van der Waals surface area (Å²) in [6.07, 6.45) is 2.49. The van der Waals surface area contributed by atoms with Crippen molar-refractivity contribution >= 4 is 29.9 Å². The Hall–Kier alpha value is -4.66. The van der Waals surface area contributed by atoms with Gasteiger partial charge in [0.1, 0.15) is 22.6 Å². The lowest BCUT2D eigenvalue weighted by Gasteiger charge is -2.38. The van der Waals surface area contributed by atoms with Crippen LogP contribution < -0.4 is 21.6 Å². The van der Waals surface area contributed by atoms with Crippen LogP contribution in [-0.4, -0.2) is 117 Å². The predicted octanol–water partition coefficient (Wildman–Crippen LogP) is 4.24. The molecule has 15 heteroatoms. The molecule has 1 saturated carbocycles. The first-order chi connectivity index (χ1) is 25.2. The van der Waals surface area contributed by atoms with E-state index in [0.717, 1.165) is 25.9 Å². The quantitative estimate of drug-likeness (QED) is 0.322. The molecule has 0 radical (unpaired) electrons. The molecule has 3 unspecified atom stereocenters. The van der Waals surface area contributed by atoms with E-state index >= 15 is 0 Å². The van der Waals surface area contributed by atoms with Crippen LogP contribution in [0.3, 0.4) is 0 Å². The van der Waals surface area contributed by atoms with Crippen LogP contribution in [-0.2, 0) is 20.7 Å². The number of nitrogens with one attached hydrogen (secondary N) is 3. The number of likely N-dealkylation sites (tertiary alicyclic amines) is 1. The number of piperidine rings is 1. The van der Waals surface area contributed by atoms with Crippen molar-refractivity contribution in [2.45, 2.75) is 97.9 Å². The van der Waals surface area contributed by atoms with E-state index in [9.17, 15) is 24.0 Å². The number of amides is 5. The van der Waals surface area contributed by atoms with Crippen molar-refractivity contribution in [2.75, 3.05) is 51.1 Å². The lowest BCUT2D eigenvalue weighted by atomic mass is 10.0. The van der Waals surface area contributed by atoms with E-state index < -0.39 is 34.6 Å². The first kappa shape index (κ1) is 40.5. The van der Waals surface area contributed by atoms with Crippen LogP contribution >= 0.6 is 0 Å². The Morgan fingerprint density at radius 1 is 0.833 bits per heavy atom. The Bertz CT molecular complexity index is 1730. The molecule has 2 aromatic rings. The number of carbonyl (C=O) groups is 4. The van der Waals surface area contributed by atoms with E-state index in [1.807, 2.05) is 45.0 Å². The summed E-state index contributed by atoms with van der Waals surface area (Å²) in [7, 11) is 0. The summed E-state index contributed by atoms with van der Waals surface area (Å²) in [5.74, 6) is 1.59. The van der Waals surface area contributed by atoms with Gasteiger partial charge in [-0.25, -0.2) is 19.2 Å². The topological polar surface area (TPSA) is 167 Å². The molecule has 1 aliphatic carbocycles. The molecule has 5 amide bonds. The molecular formula is C39H58N8O7. The SMILES string of the molecule is CCC(Cc1ccc(-n2ccc(NC(=O)N3CCN(C(=O)C(C)(C)NC(=O)OC(C)(C)C)CC3)nc2=O)cc1)N1CC2C(CNC(=O)OC(C)(C)C)C2C1. The standard InChI is InChI=1S/C39H58N8O7/c1-10-26(46-23-29-28(30(29)24-46)22-40-35(51)53-37(2,3)4)21-25-11-13-27(14-12-25)47-16-15-31(42-34(47)50)41-33(49)45-19-17-44(18-20-45)32(48)39(8,9)43-36(52)54-38(5,6)7/h11-16,26,28-30H,10,17-24H2,1-9H3,(H,40,51)(H,43,52)(H,41,42,49,50). The highest BCUT2D eigenvalue weighted by Gasteiger charge is 2.56. The molecule has 5 rings (SSSR count). The van der Waals surface area contributed by atoms with Crippen LogP contribution in [0.5, 0.6) is 0 Å². The Morgan fingerprint density at radius 2 is 1.41 bits per heavy atom.